The number of aromatic nitrogens is 3. The van der Waals surface area contributed by atoms with Crippen molar-refractivity contribution in [1.29, 1.82) is 0 Å². The standard InChI is InChI=1S/C9H4BrN5O6/c10-8-11-9(15(20)21)12-13(8)5-2-1-4(7(16)17)3-6(5)14(18)19/h1-3H,(H,16,17). The fourth-order valence-electron chi connectivity index (χ4n) is 1.50. The maximum absolute atomic E-state index is 11.0. The van der Waals surface area contributed by atoms with Crippen LogP contribution in [0.15, 0.2) is 22.9 Å². The van der Waals surface area contributed by atoms with Crippen molar-refractivity contribution in [3.63, 3.8) is 0 Å². The van der Waals surface area contributed by atoms with Gasteiger partial charge in [0.15, 0.2) is 5.69 Å². The van der Waals surface area contributed by atoms with Gasteiger partial charge in [-0.25, -0.2) is 4.79 Å². The number of benzene rings is 1. The molecular formula is C9H4BrN5O6. The van der Waals surface area contributed by atoms with Crippen molar-refractivity contribution < 1.29 is 19.7 Å². The Balaban J connectivity index is 2.66. The number of halogens is 1. The number of hydrogen-bond acceptors (Lipinski definition) is 7. The maximum Gasteiger partial charge on any atom is 0.492 e. The summed E-state index contributed by atoms with van der Waals surface area (Å²) < 4.78 is 0.711. The molecular weight excluding hydrogens is 354 g/mol. The van der Waals surface area contributed by atoms with Gasteiger partial charge in [0.2, 0.25) is 0 Å². The molecule has 21 heavy (non-hydrogen) atoms. The zero-order valence-corrected chi connectivity index (χ0v) is 11.4. The van der Waals surface area contributed by atoms with E-state index in [0.717, 1.165) is 22.9 Å². The lowest BCUT2D eigenvalue weighted by Gasteiger charge is -2.01. The van der Waals surface area contributed by atoms with Crippen molar-refractivity contribution in [3.05, 3.63) is 48.7 Å². The molecule has 2 aromatic rings. The van der Waals surface area contributed by atoms with Crippen molar-refractivity contribution in [2.45, 2.75) is 0 Å². The largest absolute Gasteiger partial charge is 0.492 e. The van der Waals surface area contributed by atoms with Crippen LogP contribution in [0.1, 0.15) is 10.4 Å². The summed E-state index contributed by atoms with van der Waals surface area (Å²) in [4.78, 5) is 34.2. The van der Waals surface area contributed by atoms with Crippen LogP contribution >= 0.6 is 15.9 Å². The van der Waals surface area contributed by atoms with Crippen LogP contribution in [0.5, 0.6) is 0 Å². The van der Waals surface area contributed by atoms with Gasteiger partial charge in [0, 0.05) is 27.1 Å². The number of carboxylic acid groups (broad SMARTS) is 1. The van der Waals surface area contributed by atoms with Crippen molar-refractivity contribution in [2.24, 2.45) is 0 Å². The summed E-state index contributed by atoms with van der Waals surface area (Å²) in [6.45, 7) is 0. The van der Waals surface area contributed by atoms with Gasteiger partial charge in [0.25, 0.3) is 10.4 Å². The van der Waals surface area contributed by atoms with Gasteiger partial charge >= 0.3 is 11.9 Å². The Morgan fingerprint density at radius 3 is 2.43 bits per heavy atom. The third-order valence-corrected chi connectivity index (χ3v) is 2.88. The molecule has 0 spiro atoms. The van der Waals surface area contributed by atoms with E-state index in [-0.39, 0.29) is 16.0 Å². The monoisotopic (exact) mass is 357 g/mol. The first kappa shape index (κ1) is 14.5. The average molecular weight is 358 g/mol. The molecule has 1 aromatic heterocycles. The second kappa shape index (κ2) is 5.24. The Bertz CT molecular complexity index is 772. The average Bonchev–Trinajstić information content (AvgIpc) is 2.80. The molecule has 11 nitrogen and oxygen atoms in total. The third-order valence-electron chi connectivity index (χ3n) is 2.37. The highest BCUT2D eigenvalue weighted by Crippen LogP contribution is 2.27. The molecule has 0 aliphatic heterocycles. The first-order chi connectivity index (χ1) is 9.81. The van der Waals surface area contributed by atoms with Crippen LogP contribution in [-0.2, 0) is 0 Å². The fourth-order valence-corrected chi connectivity index (χ4v) is 1.92. The Morgan fingerprint density at radius 2 is 1.95 bits per heavy atom. The van der Waals surface area contributed by atoms with Gasteiger partial charge in [-0.3, -0.25) is 10.1 Å². The van der Waals surface area contributed by atoms with Gasteiger partial charge in [-0.2, -0.15) is 0 Å². The van der Waals surface area contributed by atoms with Crippen LogP contribution in [0.25, 0.3) is 5.69 Å². The Hall–Kier alpha value is -2.89. The number of carbonyl (C=O) groups is 1. The molecule has 0 saturated heterocycles. The van der Waals surface area contributed by atoms with Gasteiger partial charge in [0.05, 0.1) is 10.5 Å². The van der Waals surface area contributed by atoms with Crippen LogP contribution in [0, 0.1) is 20.2 Å². The minimum Gasteiger partial charge on any atom is -0.478 e. The molecule has 0 saturated carbocycles. The summed E-state index contributed by atoms with van der Waals surface area (Å²) in [6.07, 6.45) is 0. The minimum absolute atomic E-state index is 0.125. The van der Waals surface area contributed by atoms with Gasteiger partial charge in [-0.15, -0.1) is 4.68 Å². The number of aromatic carboxylic acids is 1. The van der Waals surface area contributed by atoms with Gasteiger partial charge in [-0.05, 0) is 22.0 Å². The van der Waals surface area contributed by atoms with E-state index in [0.29, 0.717) is 0 Å². The van der Waals surface area contributed by atoms with Gasteiger partial charge in [-0.1, -0.05) is 0 Å². The predicted molar refractivity (Wildman–Crippen MR) is 69.3 cm³/mol. The van der Waals surface area contributed by atoms with E-state index in [1.54, 1.807) is 0 Å². The summed E-state index contributed by atoms with van der Waals surface area (Å²) in [6, 6.07) is 3.06. The smallest absolute Gasteiger partial charge is 0.478 e. The molecule has 1 N–H and O–H groups in total. The fraction of sp³-hybridized carbons (Fsp3) is 0. The lowest BCUT2D eigenvalue weighted by Crippen LogP contribution is -2.05. The zero-order chi connectivity index (χ0) is 15.7. The van der Waals surface area contributed by atoms with Crippen LogP contribution < -0.4 is 0 Å². The topological polar surface area (TPSA) is 154 Å². The van der Waals surface area contributed by atoms with Crippen LogP contribution in [-0.4, -0.2) is 35.7 Å². The van der Waals surface area contributed by atoms with E-state index in [1.165, 1.54) is 0 Å². The summed E-state index contributed by atoms with van der Waals surface area (Å²) in [7, 11) is 0. The molecule has 108 valence electrons. The van der Waals surface area contributed by atoms with E-state index in [1.807, 2.05) is 0 Å². The van der Waals surface area contributed by atoms with Crippen LogP contribution in [0.2, 0.25) is 0 Å². The highest BCUT2D eigenvalue weighted by Gasteiger charge is 2.27. The first-order valence-electron chi connectivity index (χ1n) is 5.10. The number of nitrogens with zero attached hydrogens (tertiary/aromatic N) is 5. The maximum atomic E-state index is 11.0. The number of rotatable bonds is 4. The normalized spacial score (nSPS) is 10.3. The molecule has 0 bridgehead atoms. The van der Waals surface area contributed by atoms with E-state index >= 15 is 0 Å². The lowest BCUT2D eigenvalue weighted by molar-refractivity contribution is -0.394. The molecule has 1 aromatic carbocycles. The van der Waals surface area contributed by atoms with E-state index < -0.39 is 27.5 Å². The quantitative estimate of drug-likeness (QED) is 0.637. The van der Waals surface area contributed by atoms with Crippen LogP contribution in [0.3, 0.4) is 0 Å². The summed E-state index contributed by atoms with van der Waals surface area (Å²) in [5.41, 5.74) is -1.02. The predicted octanol–water partition coefficient (Wildman–Crippen LogP) is 1.54. The SMILES string of the molecule is O=C(O)c1ccc(-n2nc([N+](=O)[O-])nc2Br)c([N+](=O)[O-])c1. The summed E-state index contributed by atoms with van der Waals surface area (Å²) in [5, 5.41) is 34.0. The molecule has 0 aliphatic rings. The molecule has 0 atom stereocenters. The Labute approximate surface area is 123 Å². The van der Waals surface area contributed by atoms with Crippen molar-refractivity contribution >= 4 is 33.5 Å². The van der Waals surface area contributed by atoms with Crippen molar-refractivity contribution in [3.8, 4) is 5.69 Å². The van der Waals surface area contributed by atoms with Gasteiger partial charge < -0.3 is 15.2 Å². The van der Waals surface area contributed by atoms with E-state index in [2.05, 4.69) is 26.0 Å². The van der Waals surface area contributed by atoms with E-state index in [4.69, 9.17) is 5.11 Å². The first-order valence-corrected chi connectivity index (χ1v) is 5.89. The van der Waals surface area contributed by atoms with Gasteiger partial charge in [0.1, 0.15) is 0 Å². The van der Waals surface area contributed by atoms with Crippen molar-refractivity contribution in [2.75, 3.05) is 0 Å². The molecule has 2 rings (SSSR count). The molecule has 0 unspecified atom stereocenters. The molecule has 0 aliphatic carbocycles. The lowest BCUT2D eigenvalue weighted by atomic mass is 10.2. The molecule has 0 amide bonds. The second-order valence-electron chi connectivity index (χ2n) is 3.62. The highest BCUT2D eigenvalue weighted by molar-refractivity contribution is 9.10. The molecule has 12 heteroatoms. The van der Waals surface area contributed by atoms with E-state index in [9.17, 15) is 25.0 Å². The third kappa shape index (κ3) is 2.69. The molecule has 0 radical (unpaired) electrons. The number of nitro benzene ring substituents is 1. The number of nitro groups is 2. The zero-order valence-electron chi connectivity index (χ0n) is 9.83. The summed E-state index contributed by atoms with van der Waals surface area (Å²) >= 11 is 2.90. The molecule has 0 fully saturated rings. The Morgan fingerprint density at radius 1 is 1.29 bits per heavy atom. The second-order valence-corrected chi connectivity index (χ2v) is 4.32. The highest BCUT2D eigenvalue weighted by atomic mass is 79.9. The Kier molecular flexibility index (Phi) is 3.62. The minimum atomic E-state index is -1.34. The number of carboxylic acids is 1. The summed E-state index contributed by atoms with van der Waals surface area (Å²) in [5.74, 6) is -2.09. The van der Waals surface area contributed by atoms with Crippen LogP contribution in [0.4, 0.5) is 11.6 Å². The number of hydrogen-bond donors (Lipinski definition) is 1. The molecule has 1 heterocycles. The van der Waals surface area contributed by atoms with Crippen molar-refractivity contribution in [1.82, 2.24) is 14.8 Å².